The Bertz CT molecular complexity index is 409. The fourth-order valence-electron chi connectivity index (χ4n) is 1.02. The number of rotatable bonds is 3. The van der Waals surface area contributed by atoms with Crippen molar-refractivity contribution >= 4 is 29.7 Å². The molecule has 1 rings (SSSR count). The Hall–Kier alpha value is -1.62. The van der Waals surface area contributed by atoms with Gasteiger partial charge in [-0.2, -0.15) is 0 Å². The molecule has 4 nitrogen and oxygen atoms in total. The summed E-state index contributed by atoms with van der Waals surface area (Å²) < 4.78 is 17.6. The molecule has 0 aliphatic rings. The first kappa shape index (κ1) is 11.5. The number of esters is 1. The maximum atomic E-state index is 13.2. The van der Waals surface area contributed by atoms with E-state index < -0.39 is 17.3 Å². The van der Waals surface area contributed by atoms with Crippen molar-refractivity contribution in [1.82, 2.24) is 0 Å². The van der Waals surface area contributed by atoms with Crippen molar-refractivity contribution in [3.05, 3.63) is 28.5 Å². The smallest absolute Gasteiger partial charge is 0.342 e. The molecule has 0 heterocycles. The van der Waals surface area contributed by atoms with Crippen LogP contribution in [0.5, 0.6) is 0 Å². The maximum Gasteiger partial charge on any atom is 0.342 e. The number of nitrogens with one attached hydrogen (secondary N) is 1. The molecule has 0 spiro atoms. The summed E-state index contributed by atoms with van der Waals surface area (Å²) >= 11 is 5.70. The van der Waals surface area contributed by atoms with Crippen LogP contribution in [0, 0.1) is 5.82 Å². The zero-order chi connectivity index (χ0) is 11.4. The lowest BCUT2D eigenvalue weighted by Crippen LogP contribution is -2.07. The highest BCUT2D eigenvalue weighted by Gasteiger charge is 2.19. The first-order chi connectivity index (χ1) is 7.11. The molecule has 0 aliphatic carbocycles. The maximum absolute atomic E-state index is 13.2. The number of ether oxygens (including phenoxy) is 1. The van der Waals surface area contributed by atoms with Gasteiger partial charge in [0.25, 0.3) is 0 Å². The van der Waals surface area contributed by atoms with Gasteiger partial charge in [-0.05, 0) is 12.1 Å². The normalized spacial score (nSPS) is 9.53. The number of halogens is 2. The van der Waals surface area contributed by atoms with Crippen LogP contribution in [0.25, 0.3) is 0 Å². The Labute approximate surface area is 90.0 Å². The molecule has 80 valence electrons. The van der Waals surface area contributed by atoms with E-state index in [0.717, 1.165) is 13.2 Å². The van der Waals surface area contributed by atoms with E-state index in [1.54, 1.807) is 0 Å². The Morgan fingerprint density at radius 1 is 1.60 bits per heavy atom. The first-order valence-electron chi connectivity index (χ1n) is 3.88. The SMILES string of the molecule is COC(=O)c1c(F)ccc(NC=O)c1Cl. The number of hydrogen-bond donors (Lipinski definition) is 1. The fourth-order valence-corrected chi connectivity index (χ4v) is 1.30. The summed E-state index contributed by atoms with van der Waals surface area (Å²) in [6.45, 7) is 0. The molecule has 1 aromatic carbocycles. The summed E-state index contributed by atoms with van der Waals surface area (Å²) in [5, 5.41) is 2.05. The lowest BCUT2D eigenvalue weighted by atomic mass is 10.2. The molecular formula is C9H7ClFNO3. The monoisotopic (exact) mass is 231 g/mol. The highest BCUT2D eigenvalue weighted by molar-refractivity contribution is 6.36. The lowest BCUT2D eigenvalue weighted by molar-refractivity contribution is -0.105. The molecule has 0 radical (unpaired) electrons. The summed E-state index contributed by atoms with van der Waals surface area (Å²) in [5.74, 6) is -1.70. The molecule has 1 amide bonds. The Morgan fingerprint density at radius 3 is 2.80 bits per heavy atom. The summed E-state index contributed by atoms with van der Waals surface area (Å²) in [6.07, 6.45) is 0.375. The third kappa shape index (κ3) is 2.24. The van der Waals surface area contributed by atoms with Crippen molar-refractivity contribution in [3.63, 3.8) is 0 Å². The van der Waals surface area contributed by atoms with E-state index in [2.05, 4.69) is 10.1 Å². The minimum Gasteiger partial charge on any atom is -0.465 e. The van der Waals surface area contributed by atoms with Gasteiger partial charge in [-0.3, -0.25) is 4.79 Å². The number of amides is 1. The average Bonchev–Trinajstić information content (AvgIpc) is 2.22. The van der Waals surface area contributed by atoms with Gasteiger partial charge in [-0.25, -0.2) is 9.18 Å². The minimum atomic E-state index is -0.896. The molecular weight excluding hydrogens is 225 g/mol. The second-order valence-electron chi connectivity index (χ2n) is 2.54. The molecule has 6 heteroatoms. The summed E-state index contributed by atoms with van der Waals surface area (Å²) in [4.78, 5) is 21.3. The largest absolute Gasteiger partial charge is 0.465 e. The topological polar surface area (TPSA) is 55.4 Å². The van der Waals surface area contributed by atoms with Gasteiger partial charge in [0.2, 0.25) is 6.41 Å². The second kappa shape index (κ2) is 4.75. The van der Waals surface area contributed by atoms with Crippen molar-refractivity contribution in [2.45, 2.75) is 0 Å². The van der Waals surface area contributed by atoms with E-state index in [1.807, 2.05) is 0 Å². The number of hydrogen-bond acceptors (Lipinski definition) is 3. The van der Waals surface area contributed by atoms with Crippen LogP contribution in [0.4, 0.5) is 10.1 Å². The van der Waals surface area contributed by atoms with E-state index in [0.29, 0.717) is 6.41 Å². The molecule has 0 bridgehead atoms. The van der Waals surface area contributed by atoms with Crippen LogP contribution in [0.15, 0.2) is 12.1 Å². The van der Waals surface area contributed by atoms with Gasteiger partial charge in [-0.1, -0.05) is 11.6 Å². The van der Waals surface area contributed by atoms with E-state index in [-0.39, 0.29) is 10.7 Å². The fraction of sp³-hybridized carbons (Fsp3) is 0.111. The molecule has 0 aromatic heterocycles. The van der Waals surface area contributed by atoms with E-state index >= 15 is 0 Å². The molecule has 0 saturated carbocycles. The van der Waals surface area contributed by atoms with Crippen molar-refractivity contribution < 1.29 is 18.7 Å². The quantitative estimate of drug-likeness (QED) is 0.638. The van der Waals surface area contributed by atoms with Crippen molar-refractivity contribution in [2.24, 2.45) is 0 Å². The molecule has 1 aromatic rings. The Balaban J connectivity index is 3.29. The third-order valence-electron chi connectivity index (χ3n) is 1.70. The summed E-state index contributed by atoms with van der Waals surface area (Å²) in [6, 6.07) is 2.27. The van der Waals surface area contributed by atoms with Gasteiger partial charge in [0.15, 0.2) is 0 Å². The molecule has 15 heavy (non-hydrogen) atoms. The van der Waals surface area contributed by atoms with Crippen LogP contribution < -0.4 is 5.32 Å². The Kier molecular flexibility index (Phi) is 3.62. The summed E-state index contributed by atoms with van der Waals surface area (Å²) in [7, 11) is 1.11. The molecule has 0 fully saturated rings. The lowest BCUT2D eigenvalue weighted by Gasteiger charge is -2.07. The highest BCUT2D eigenvalue weighted by Crippen LogP contribution is 2.28. The molecule has 0 unspecified atom stereocenters. The number of methoxy groups -OCH3 is 1. The highest BCUT2D eigenvalue weighted by atomic mass is 35.5. The van der Waals surface area contributed by atoms with Crippen LogP contribution in [0.3, 0.4) is 0 Å². The van der Waals surface area contributed by atoms with E-state index in [1.165, 1.54) is 6.07 Å². The predicted molar refractivity (Wildman–Crippen MR) is 52.4 cm³/mol. The molecule has 0 aliphatic heterocycles. The van der Waals surface area contributed by atoms with Crippen molar-refractivity contribution in [1.29, 1.82) is 0 Å². The van der Waals surface area contributed by atoms with Gasteiger partial charge >= 0.3 is 5.97 Å². The minimum absolute atomic E-state index is 0.147. The van der Waals surface area contributed by atoms with Crippen LogP contribution >= 0.6 is 11.6 Å². The van der Waals surface area contributed by atoms with Crippen LogP contribution in [0.1, 0.15) is 10.4 Å². The van der Waals surface area contributed by atoms with Gasteiger partial charge in [0, 0.05) is 0 Å². The Morgan fingerprint density at radius 2 is 2.27 bits per heavy atom. The summed E-state index contributed by atoms with van der Waals surface area (Å²) in [5.41, 5.74) is -0.250. The number of benzene rings is 1. The van der Waals surface area contributed by atoms with Crippen LogP contribution in [-0.4, -0.2) is 19.5 Å². The van der Waals surface area contributed by atoms with Crippen LogP contribution in [-0.2, 0) is 9.53 Å². The van der Waals surface area contributed by atoms with E-state index in [9.17, 15) is 14.0 Å². The van der Waals surface area contributed by atoms with Gasteiger partial charge in [-0.15, -0.1) is 0 Å². The molecule has 0 saturated heterocycles. The first-order valence-corrected chi connectivity index (χ1v) is 4.26. The van der Waals surface area contributed by atoms with E-state index in [4.69, 9.17) is 11.6 Å². The van der Waals surface area contributed by atoms with Crippen molar-refractivity contribution in [3.8, 4) is 0 Å². The number of carbonyl (C=O) groups excluding carboxylic acids is 2. The zero-order valence-electron chi connectivity index (χ0n) is 7.71. The molecule has 0 atom stereocenters. The molecule has 1 N–H and O–H groups in total. The van der Waals surface area contributed by atoms with Gasteiger partial charge < -0.3 is 10.1 Å². The van der Waals surface area contributed by atoms with Crippen LogP contribution in [0.2, 0.25) is 5.02 Å². The number of carbonyl (C=O) groups is 2. The predicted octanol–water partition coefficient (Wildman–Crippen LogP) is 1.83. The standard InChI is InChI=1S/C9H7ClFNO3/c1-15-9(14)7-5(11)2-3-6(8(7)10)12-4-13/h2-4H,1H3,(H,12,13). The van der Waals surface area contributed by atoms with Crippen molar-refractivity contribution in [2.75, 3.05) is 12.4 Å². The third-order valence-corrected chi connectivity index (χ3v) is 2.09. The van der Waals surface area contributed by atoms with Gasteiger partial charge in [0.1, 0.15) is 11.4 Å². The average molecular weight is 232 g/mol. The number of anilines is 1. The second-order valence-corrected chi connectivity index (χ2v) is 2.92. The van der Waals surface area contributed by atoms with Gasteiger partial charge in [0.05, 0.1) is 17.8 Å². The zero-order valence-corrected chi connectivity index (χ0v) is 8.47.